The zero-order valence-electron chi connectivity index (χ0n) is 20.9. The number of Topliss-reactive ketones (excluding diaryl/α,β-unsaturated/α-hetero) is 1. The Kier molecular flexibility index (Phi) is 6.55. The highest BCUT2D eigenvalue weighted by Gasteiger charge is 2.68. The second kappa shape index (κ2) is 9.56. The number of ether oxygens (including phenoxy) is 2. The van der Waals surface area contributed by atoms with Crippen molar-refractivity contribution in [3.05, 3.63) is 57.8 Å². The number of hydrogen-bond acceptors (Lipinski definition) is 5. The number of hydrogen-bond donors (Lipinski definition) is 2. The molecule has 2 aromatic rings. The molecule has 11 heteroatoms. The van der Waals surface area contributed by atoms with Gasteiger partial charge in [0.2, 0.25) is 0 Å². The summed E-state index contributed by atoms with van der Waals surface area (Å²) in [6.07, 6.45) is 1.58. The van der Waals surface area contributed by atoms with Gasteiger partial charge in [-0.25, -0.2) is 13.2 Å². The van der Waals surface area contributed by atoms with Gasteiger partial charge in [0.1, 0.15) is 17.3 Å². The lowest BCUT2D eigenvalue weighted by Crippen LogP contribution is -2.75. The van der Waals surface area contributed by atoms with Gasteiger partial charge >= 0.3 is 0 Å². The Morgan fingerprint density at radius 1 is 1.08 bits per heavy atom. The number of rotatable bonds is 9. The van der Waals surface area contributed by atoms with Crippen LogP contribution in [0.2, 0.25) is 10.0 Å². The van der Waals surface area contributed by atoms with Crippen molar-refractivity contribution in [2.45, 2.75) is 74.6 Å². The monoisotopic (exact) mass is 582 g/mol. The summed E-state index contributed by atoms with van der Waals surface area (Å²) in [5, 5.41) is 6.76. The number of nitrogens with one attached hydrogen (secondary N) is 2. The van der Waals surface area contributed by atoms with E-state index in [0.717, 1.165) is 11.6 Å². The molecule has 1 aliphatic heterocycles. The Hall–Kier alpha value is -2.49. The summed E-state index contributed by atoms with van der Waals surface area (Å²) in [7, 11) is 0. The van der Waals surface area contributed by atoms with E-state index in [1.54, 1.807) is 18.2 Å². The molecule has 1 amide bonds. The first kappa shape index (κ1) is 26.7. The number of carbonyl (C=O) groups excluding carboxylic acids is 2. The highest BCUT2D eigenvalue weighted by molar-refractivity contribution is 6.31. The van der Waals surface area contributed by atoms with Crippen molar-refractivity contribution in [1.82, 2.24) is 10.6 Å². The molecule has 2 unspecified atom stereocenters. The van der Waals surface area contributed by atoms with Crippen molar-refractivity contribution < 1.29 is 32.2 Å². The second-order valence-corrected chi connectivity index (χ2v) is 12.4. The fourth-order valence-electron chi connectivity index (χ4n) is 6.71. The third-order valence-corrected chi connectivity index (χ3v) is 8.85. The average Bonchev–Trinajstić information content (AvgIpc) is 2.81. The van der Waals surface area contributed by atoms with Gasteiger partial charge in [0.05, 0.1) is 5.02 Å². The van der Waals surface area contributed by atoms with Gasteiger partial charge < -0.3 is 20.1 Å². The van der Waals surface area contributed by atoms with E-state index < -0.39 is 17.8 Å². The number of benzene rings is 2. The first-order valence-corrected chi connectivity index (χ1v) is 13.7. The molecule has 5 aliphatic rings. The summed E-state index contributed by atoms with van der Waals surface area (Å²) in [6.45, 7) is -0.255. The fraction of sp³-hybridized carbons (Fsp3) is 0.500. The van der Waals surface area contributed by atoms with Crippen molar-refractivity contribution in [1.29, 1.82) is 0 Å². The first-order chi connectivity index (χ1) is 18.4. The van der Waals surface area contributed by atoms with Gasteiger partial charge in [0.25, 0.3) is 11.8 Å². The second-order valence-electron chi connectivity index (χ2n) is 11.6. The molecule has 0 aromatic heterocycles. The van der Waals surface area contributed by atoms with Gasteiger partial charge in [-0.15, -0.1) is 0 Å². The lowest BCUT2D eigenvalue weighted by Gasteiger charge is -2.70. The number of fused-ring (bicyclic) bond motifs is 1. The molecule has 39 heavy (non-hydrogen) atoms. The molecule has 4 saturated carbocycles. The smallest absolute Gasteiger partial charge is 0.258 e. The largest absolute Gasteiger partial charge is 0.484 e. The summed E-state index contributed by atoms with van der Waals surface area (Å²) < 4.78 is 51.8. The van der Waals surface area contributed by atoms with Crippen LogP contribution in [-0.4, -0.2) is 41.9 Å². The highest BCUT2D eigenvalue weighted by atomic mass is 35.5. The maximum absolute atomic E-state index is 13.6. The summed E-state index contributed by atoms with van der Waals surface area (Å²) in [5.41, 5.74) is 0.257. The van der Waals surface area contributed by atoms with Gasteiger partial charge in [-0.1, -0.05) is 23.2 Å². The van der Waals surface area contributed by atoms with Crippen molar-refractivity contribution in [2.75, 3.05) is 6.61 Å². The molecule has 4 fully saturated rings. The Labute approximate surface area is 233 Å². The Bertz CT molecular complexity index is 1310. The molecule has 4 aliphatic carbocycles. The molecule has 208 valence electrons. The van der Waals surface area contributed by atoms with Gasteiger partial charge in [-0.3, -0.25) is 9.59 Å². The molecule has 2 N–H and O–H groups in total. The van der Waals surface area contributed by atoms with E-state index in [2.05, 4.69) is 10.6 Å². The summed E-state index contributed by atoms with van der Waals surface area (Å²) in [4.78, 5) is 25.7. The Balaban J connectivity index is 1.01. The molecule has 7 rings (SSSR count). The molecule has 2 aromatic carbocycles. The van der Waals surface area contributed by atoms with E-state index in [4.69, 9.17) is 32.7 Å². The molecule has 1 heterocycles. The van der Waals surface area contributed by atoms with Crippen molar-refractivity contribution >= 4 is 34.9 Å². The standard InChI is InChI=1S/C28H27Cl2F3N2O4/c29-15-1-4-23-18(5-15)21(34-16-8-28(32,33)9-16)7-24(39-23)22(36)10-26-12-27(13-26,14-26)35-25(37)11-38-17-2-3-19(30)20(31)6-17/h1-6,16,21,24,34H,7-14H2,(H,35,37). The minimum absolute atomic E-state index is 0.0254. The predicted octanol–water partition coefficient (Wildman–Crippen LogP) is 5.79. The molecule has 0 radical (unpaired) electrons. The summed E-state index contributed by atoms with van der Waals surface area (Å²) in [5.74, 6) is -2.87. The molecular weight excluding hydrogens is 556 g/mol. The van der Waals surface area contributed by atoms with E-state index >= 15 is 0 Å². The average molecular weight is 583 g/mol. The SMILES string of the molecule is O=C(COc1ccc(Cl)c(F)c1)NC12CC(CC(=O)C3CC(NC4CC(F)(F)C4)c4cc(Cl)ccc4O3)(C1)C2. The molecule has 2 atom stereocenters. The summed E-state index contributed by atoms with van der Waals surface area (Å²) >= 11 is 11.8. The van der Waals surface area contributed by atoms with Crippen molar-refractivity contribution in [3.63, 3.8) is 0 Å². The number of halogens is 5. The number of carbonyl (C=O) groups is 2. The number of alkyl halides is 2. The van der Waals surface area contributed by atoms with Crippen LogP contribution in [0.3, 0.4) is 0 Å². The van der Waals surface area contributed by atoms with Gasteiger partial charge in [0.15, 0.2) is 18.5 Å². The lowest BCUT2D eigenvalue weighted by atomic mass is 9.38. The van der Waals surface area contributed by atoms with Gasteiger partial charge in [-0.2, -0.15) is 0 Å². The van der Waals surface area contributed by atoms with Gasteiger partial charge in [0, 0.05) is 60.0 Å². The van der Waals surface area contributed by atoms with Crippen LogP contribution in [0.25, 0.3) is 0 Å². The highest BCUT2D eigenvalue weighted by Crippen LogP contribution is 2.69. The van der Waals surface area contributed by atoms with Crippen LogP contribution in [0.5, 0.6) is 11.5 Å². The van der Waals surface area contributed by atoms with E-state index in [1.807, 2.05) is 0 Å². The minimum Gasteiger partial charge on any atom is -0.484 e. The van der Waals surface area contributed by atoms with Crippen molar-refractivity contribution in [2.24, 2.45) is 5.41 Å². The van der Waals surface area contributed by atoms with Crippen LogP contribution in [-0.2, 0) is 9.59 Å². The minimum atomic E-state index is -2.65. The lowest BCUT2D eigenvalue weighted by molar-refractivity contribution is -0.175. The maximum atomic E-state index is 13.6. The van der Waals surface area contributed by atoms with Gasteiger partial charge in [-0.05, 0) is 55.0 Å². The maximum Gasteiger partial charge on any atom is 0.258 e. The predicted molar refractivity (Wildman–Crippen MR) is 138 cm³/mol. The van der Waals surface area contributed by atoms with Crippen molar-refractivity contribution in [3.8, 4) is 11.5 Å². The zero-order chi connectivity index (χ0) is 27.6. The first-order valence-electron chi connectivity index (χ1n) is 12.9. The van der Waals surface area contributed by atoms with Crippen LogP contribution in [0.1, 0.15) is 56.6 Å². The molecule has 2 bridgehead atoms. The molecule has 0 saturated heterocycles. The third kappa shape index (κ3) is 5.33. The molecule has 6 nitrogen and oxygen atoms in total. The van der Waals surface area contributed by atoms with Crippen LogP contribution >= 0.6 is 23.2 Å². The molecule has 0 spiro atoms. The topological polar surface area (TPSA) is 76.7 Å². The van der Waals surface area contributed by atoms with E-state index in [1.165, 1.54) is 12.1 Å². The molecular formula is C28H27Cl2F3N2O4. The Morgan fingerprint density at radius 3 is 2.51 bits per heavy atom. The van der Waals surface area contributed by atoms with E-state index in [0.29, 0.717) is 42.9 Å². The third-order valence-electron chi connectivity index (χ3n) is 8.31. The summed E-state index contributed by atoms with van der Waals surface area (Å²) in [6, 6.07) is 8.49. The quantitative estimate of drug-likeness (QED) is 0.391. The Morgan fingerprint density at radius 2 is 1.82 bits per heavy atom. The van der Waals surface area contributed by atoms with Crippen LogP contribution in [0.4, 0.5) is 13.2 Å². The number of ketones is 1. The number of amides is 1. The van der Waals surface area contributed by atoms with E-state index in [9.17, 15) is 22.8 Å². The van der Waals surface area contributed by atoms with Crippen LogP contribution in [0, 0.1) is 11.2 Å². The van der Waals surface area contributed by atoms with E-state index in [-0.39, 0.29) is 64.9 Å². The van der Waals surface area contributed by atoms with Crippen LogP contribution in [0.15, 0.2) is 36.4 Å². The van der Waals surface area contributed by atoms with Crippen LogP contribution < -0.4 is 20.1 Å². The zero-order valence-corrected chi connectivity index (χ0v) is 22.4. The normalized spacial score (nSPS) is 30.1. The fourth-order valence-corrected chi connectivity index (χ4v) is 7.01.